The van der Waals surface area contributed by atoms with Crippen LogP contribution in [0.25, 0.3) is 5.57 Å². The number of benzene rings is 2. The van der Waals surface area contributed by atoms with E-state index in [0.717, 1.165) is 56.9 Å². The number of unbranched alkanes of at least 4 members (excludes halogenated alkanes) is 1. The summed E-state index contributed by atoms with van der Waals surface area (Å²) in [4.78, 5) is 0. The van der Waals surface area contributed by atoms with Gasteiger partial charge in [-0.05, 0) is 66.4 Å². The molecule has 3 unspecified atom stereocenters. The highest BCUT2D eigenvalue weighted by Gasteiger charge is 2.25. The summed E-state index contributed by atoms with van der Waals surface area (Å²) in [5.41, 5.74) is 7.45. The van der Waals surface area contributed by atoms with Gasteiger partial charge in [-0.15, -0.1) is 0 Å². The number of rotatable bonds is 13. The topological polar surface area (TPSA) is 49.7 Å². The molecule has 3 nitrogen and oxygen atoms in total. The Morgan fingerprint density at radius 2 is 1.71 bits per heavy atom. The van der Waals surface area contributed by atoms with Crippen LogP contribution in [0.15, 0.2) is 66.3 Å². The van der Waals surface area contributed by atoms with Crippen LogP contribution in [0.3, 0.4) is 0 Å². The lowest BCUT2D eigenvalue weighted by atomic mass is 9.75. The smallest absolute Gasteiger partial charge is 0.0821 e. The van der Waals surface area contributed by atoms with Gasteiger partial charge in [-0.3, -0.25) is 0 Å². The monoisotopic (exact) mass is 462 g/mol. The van der Waals surface area contributed by atoms with Crippen LogP contribution in [0.2, 0.25) is 0 Å². The summed E-state index contributed by atoms with van der Waals surface area (Å²) < 4.78 is 5.71. The molecule has 2 aromatic carbocycles. The van der Waals surface area contributed by atoms with Crippen molar-refractivity contribution < 1.29 is 14.9 Å². The van der Waals surface area contributed by atoms with E-state index in [1.54, 1.807) is 7.11 Å². The maximum atomic E-state index is 10.6. The van der Waals surface area contributed by atoms with Crippen LogP contribution in [-0.2, 0) is 4.74 Å². The van der Waals surface area contributed by atoms with Crippen molar-refractivity contribution in [3.05, 3.63) is 88.5 Å². The van der Waals surface area contributed by atoms with E-state index in [2.05, 4.69) is 68.5 Å². The fraction of sp³-hybridized carbons (Fsp3) is 0.484. The number of ether oxygens (including phenoxy) is 1. The maximum Gasteiger partial charge on any atom is 0.0821 e. The number of allylic oxidation sites excluding steroid dienone is 4. The SMILES string of the molecule is CCCC(O)c1cccc(C2C(CCCCO)=CCC=C2c2ccc(C(CCC)OC)cc2)c1. The maximum absolute atomic E-state index is 10.6. The molecule has 0 spiro atoms. The molecule has 3 heteroatoms. The zero-order valence-corrected chi connectivity index (χ0v) is 21.2. The summed E-state index contributed by atoms with van der Waals surface area (Å²) in [7, 11) is 1.79. The molecule has 2 N–H and O–H groups in total. The fourth-order valence-corrected chi connectivity index (χ4v) is 5.10. The molecule has 0 aromatic heterocycles. The van der Waals surface area contributed by atoms with Gasteiger partial charge in [-0.1, -0.05) is 92.9 Å². The zero-order chi connectivity index (χ0) is 24.3. The number of aliphatic hydroxyl groups excluding tert-OH is 2. The lowest BCUT2D eigenvalue weighted by molar-refractivity contribution is 0.0950. The first-order chi connectivity index (χ1) is 16.6. The highest BCUT2D eigenvalue weighted by molar-refractivity contribution is 5.76. The van der Waals surface area contributed by atoms with E-state index >= 15 is 0 Å². The highest BCUT2D eigenvalue weighted by Crippen LogP contribution is 2.43. The number of methoxy groups -OCH3 is 1. The molecular weight excluding hydrogens is 420 g/mol. The van der Waals surface area contributed by atoms with Crippen LogP contribution in [0.5, 0.6) is 0 Å². The predicted molar refractivity (Wildman–Crippen MR) is 142 cm³/mol. The third kappa shape index (κ3) is 6.69. The Morgan fingerprint density at radius 1 is 0.941 bits per heavy atom. The first-order valence-corrected chi connectivity index (χ1v) is 13.0. The molecule has 184 valence electrons. The summed E-state index contributed by atoms with van der Waals surface area (Å²) in [6, 6.07) is 17.4. The predicted octanol–water partition coefficient (Wildman–Crippen LogP) is 7.67. The van der Waals surface area contributed by atoms with E-state index in [9.17, 15) is 10.2 Å². The van der Waals surface area contributed by atoms with Gasteiger partial charge in [0.2, 0.25) is 0 Å². The Kier molecular flexibility index (Phi) is 10.6. The molecule has 0 heterocycles. The van der Waals surface area contributed by atoms with Crippen LogP contribution in [0.4, 0.5) is 0 Å². The first kappa shape index (κ1) is 26.4. The van der Waals surface area contributed by atoms with Crippen LogP contribution in [0, 0.1) is 0 Å². The largest absolute Gasteiger partial charge is 0.396 e. The van der Waals surface area contributed by atoms with Gasteiger partial charge in [-0.25, -0.2) is 0 Å². The lowest BCUT2D eigenvalue weighted by Crippen LogP contribution is -2.11. The molecule has 1 aliphatic carbocycles. The number of hydrogen-bond acceptors (Lipinski definition) is 3. The Bertz CT molecular complexity index is 941. The van der Waals surface area contributed by atoms with Gasteiger partial charge in [0.1, 0.15) is 0 Å². The van der Waals surface area contributed by atoms with Crippen molar-refractivity contribution in [1.82, 2.24) is 0 Å². The first-order valence-electron chi connectivity index (χ1n) is 13.0. The molecule has 0 bridgehead atoms. The second-order valence-corrected chi connectivity index (χ2v) is 9.40. The van der Waals surface area contributed by atoms with Crippen LogP contribution < -0.4 is 0 Å². The standard InChI is InChI=1S/C31H42O3/c1-4-10-29(33)26-14-8-15-27(22-26)31-25(12-6-7-21-32)13-9-16-28(31)23-17-19-24(20-18-23)30(34-3)11-5-2/h8,13-20,22,29-33H,4-7,9-12,21H2,1-3H3. The molecule has 0 saturated carbocycles. The van der Waals surface area contributed by atoms with Gasteiger partial charge >= 0.3 is 0 Å². The molecule has 3 rings (SSSR count). The number of aliphatic hydroxyl groups is 2. The summed E-state index contributed by atoms with van der Waals surface area (Å²) >= 11 is 0. The van der Waals surface area contributed by atoms with E-state index in [0.29, 0.717) is 0 Å². The van der Waals surface area contributed by atoms with Crippen LogP contribution in [0.1, 0.15) is 106 Å². The Hall–Kier alpha value is -2.20. The Morgan fingerprint density at radius 3 is 2.38 bits per heavy atom. The van der Waals surface area contributed by atoms with Gasteiger partial charge < -0.3 is 14.9 Å². The minimum atomic E-state index is -0.424. The Balaban J connectivity index is 1.95. The third-order valence-corrected chi connectivity index (χ3v) is 6.92. The van der Waals surface area contributed by atoms with Gasteiger partial charge in [0.05, 0.1) is 12.2 Å². The van der Waals surface area contributed by atoms with Gasteiger partial charge in [0, 0.05) is 19.6 Å². The van der Waals surface area contributed by atoms with Crippen molar-refractivity contribution >= 4 is 5.57 Å². The van der Waals surface area contributed by atoms with E-state index in [1.807, 2.05) is 6.07 Å². The van der Waals surface area contributed by atoms with E-state index in [1.165, 1.54) is 27.8 Å². The fourth-order valence-electron chi connectivity index (χ4n) is 5.10. The van der Waals surface area contributed by atoms with E-state index < -0.39 is 6.10 Å². The molecule has 2 aromatic rings. The second kappa shape index (κ2) is 13.6. The average molecular weight is 463 g/mol. The number of hydrogen-bond donors (Lipinski definition) is 2. The molecule has 0 saturated heterocycles. The molecule has 3 atom stereocenters. The van der Waals surface area contributed by atoms with E-state index in [-0.39, 0.29) is 18.6 Å². The molecule has 34 heavy (non-hydrogen) atoms. The zero-order valence-electron chi connectivity index (χ0n) is 21.2. The van der Waals surface area contributed by atoms with Crippen molar-refractivity contribution in [1.29, 1.82) is 0 Å². The average Bonchev–Trinajstić information content (AvgIpc) is 2.87. The molecule has 1 aliphatic rings. The van der Waals surface area contributed by atoms with Crippen LogP contribution >= 0.6 is 0 Å². The second-order valence-electron chi connectivity index (χ2n) is 9.40. The van der Waals surface area contributed by atoms with Gasteiger partial charge in [0.25, 0.3) is 0 Å². The summed E-state index contributed by atoms with van der Waals surface area (Å²) in [5, 5.41) is 20.0. The van der Waals surface area contributed by atoms with Crippen LogP contribution in [-0.4, -0.2) is 23.9 Å². The molecule has 0 aliphatic heterocycles. The molecular formula is C31H42O3. The minimum absolute atomic E-state index is 0.140. The lowest BCUT2D eigenvalue weighted by Gasteiger charge is -2.29. The molecule has 0 radical (unpaired) electrons. The van der Waals surface area contributed by atoms with Crippen molar-refractivity contribution in [3.8, 4) is 0 Å². The molecule has 0 amide bonds. The summed E-state index contributed by atoms with van der Waals surface area (Å²) in [6.07, 6.45) is 12.0. The Labute approximate surface area is 206 Å². The van der Waals surface area contributed by atoms with E-state index in [4.69, 9.17) is 4.74 Å². The van der Waals surface area contributed by atoms with Crippen molar-refractivity contribution in [2.75, 3.05) is 13.7 Å². The third-order valence-electron chi connectivity index (χ3n) is 6.92. The van der Waals surface area contributed by atoms with Gasteiger partial charge in [0.15, 0.2) is 0 Å². The highest BCUT2D eigenvalue weighted by atomic mass is 16.5. The van der Waals surface area contributed by atoms with Crippen molar-refractivity contribution in [2.45, 2.75) is 83.3 Å². The summed E-state index contributed by atoms with van der Waals surface area (Å²) in [6.45, 7) is 4.53. The summed E-state index contributed by atoms with van der Waals surface area (Å²) in [5.74, 6) is 0.168. The molecule has 0 fully saturated rings. The van der Waals surface area contributed by atoms with Crippen molar-refractivity contribution in [2.24, 2.45) is 0 Å². The van der Waals surface area contributed by atoms with Gasteiger partial charge in [-0.2, -0.15) is 0 Å². The van der Waals surface area contributed by atoms with Crippen molar-refractivity contribution in [3.63, 3.8) is 0 Å². The quantitative estimate of drug-likeness (QED) is 0.237. The normalized spacial score (nSPS) is 17.7. The minimum Gasteiger partial charge on any atom is -0.396 e.